The summed E-state index contributed by atoms with van der Waals surface area (Å²) in [5.74, 6) is -0.528. The fourth-order valence-corrected chi connectivity index (χ4v) is 3.98. The summed E-state index contributed by atoms with van der Waals surface area (Å²) < 4.78 is 4.91. The molecule has 3 nitrogen and oxygen atoms in total. The minimum Gasteiger partial charge on any atom is -0.468 e. The highest BCUT2D eigenvalue weighted by molar-refractivity contribution is 6.30. The molecule has 1 aliphatic rings. The quantitative estimate of drug-likeness (QED) is 0.453. The number of halogens is 3. The molecule has 1 fully saturated rings. The summed E-state index contributed by atoms with van der Waals surface area (Å²) >= 11 is 17.8. The highest BCUT2D eigenvalue weighted by Crippen LogP contribution is 2.50. The Labute approximate surface area is 144 Å². The Bertz CT molecular complexity index is 567. The number of hydrogen-bond donors (Lipinski definition) is 0. The van der Waals surface area contributed by atoms with Crippen LogP contribution in [0.4, 0.5) is 0 Å². The van der Waals surface area contributed by atoms with Gasteiger partial charge in [0.15, 0.2) is 5.78 Å². The van der Waals surface area contributed by atoms with Crippen LogP contribution >= 0.6 is 34.8 Å². The summed E-state index contributed by atoms with van der Waals surface area (Å²) in [6, 6.07) is 7.08. The molecule has 6 heteroatoms. The van der Waals surface area contributed by atoms with Crippen molar-refractivity contribution in [1.29, 1.82) is 0 Å². The molecule has 2 rings (SSSR count). The van der Waals surface area contributed by atoms with Crippen molar-refractivity contribution < 1.29 is 14.3 Å². The SMILES string of the molecule is COC(=O)C1(Cc2ccc(Cl)cc2)CCC(CCl)(CCl)C1=O. The minimum absolute atomic E-state index is 0.106. The molecule has 0 spiro atoms. The lowest BCUT2D eigenvalue weighted by Gasteiger charge is -2.28. The highest BCUT2D eigenvalue weighted by Gasteiger charge is 2.60. The molecule has 0 aromatic heterocycles. The topological polar surface area (TPSA) is 43.4 Å². The lowest BCUT2D eigenvalue weighted by Crippen LogP contribution is -2.45. The zero-order chi connectivity index (χ0) is 16.4. The van der Waals surface area contributed by atoms with Crippen LogP contribution in [0.2, 0.25) is 5.02 Å². The molecule has 0 N–H and O–H groups in total. The Morgan fingerprint density at radius 1 is 1.18 bits per heavy atom. The fraction of sp³-hybridized carbons (Fsp3) is 0.500. The van der Waals surface area contributed by atoms with Crippen LogP contribution in [0.3, 0.4) is 0 Å². The number of Topliss-reactive ketones (excluding diaryl/α,β-unsaturated/α-hetero) is 1. The van der Waals surface area contributed by atoms with Crippen molar-refractivity contribution in [2.24, 2.45) is 10.8 Å². The number of esters is 1. The molecule has 1 saturated carbocycles. The predicted molar refractivity (Wildman–Crippen MR) is 87.7 cm³/mol. The van der Waals surface area contributed by atoms with Gasteiger partial charge in [-0.15, -0.1) is 23.2 Å². The number of ether oxygens (including phenoxy) is 1. The van der Waals surface area contributed by atoms with Gasteiger partial charge in [0.2, 0.25) is 0 Å². The van der Waals surface area contributed by atoms with Crippen molar-refractivity contribution in [3.63, 3.8) is 0 Å². The first-order chi connectivity index (χ1) is 10.4. The van der Waals surface area contributed by atoms with Crippen LogP contribution in [0.5, 0.6) is 0 Å². The predicted octanol–water partition coefficient (Wildman–Crippen LogP) is 3.87. The second-order valence-electron chi connectivity index (χ2n) is 5.75. The van der Waals surface area contributed by atoms with Crippen LogP contribution in [0, 0.1) is 10.8 Å². The molecule has 120 valence electrons. The first-order valence-corrected chi connectivity index (χ1v) is 8.38. The van der Waals surface area contributed by atoms with E-state index < -0.39 is 16.8 Å². The zero-order valence-corrected chi connectivity index (χ0v) is 14.5. The average Bonchev–Trinajstić information content (AvgIpc) is 2.83. The molecule has 0 heterocycles. The van der Waals surface area contributed by atoms with E-state index >= 15 is 0 Å². The zero-order valence-electron chi connectivity index (χ0n) is 12.2. The van der Waals surface area contributed by atoms with Crippen LogP contribution in [-0.4, -0.2) is 30.6 Å². The number of carbonyl (C=O) groups is 2. The number of carbonyl (C=O) groups excluding carboxylic acids is 2. The van der Waals surface area contributed by atoms with Crippen LogP contribution in [-0.2, 0) is 20.7 Å². The van der Waals surface area contributed by atoms with Gasteiger partial charge in [-0.05, 0) is 37.0 Å². The number of methoxy groups -OCH3 is 1. The van der Waals surface area contributed by atoms with Crippen molar-refractivity contribution in [2.45, 2.75) is 19.3 Å². The second-order valence-corrected chi connectivity index (χ2v) is 6.72. The molecule has 1 aliphatic carbocycles. The Kier molecular flexibility index (Phi) is 5.41. The molecule has 0 aliphatic heterocycles. The van der Waals surface area contributed by atoms with Gasteiger partial charge in [0.05, 0.1) is 12.5 Å². The Hall–Kier alpha value is -0.770. The monoisotopic (exact) mass is 362 g/mol. The molecule has 0 saturated heterocycles. The van der Waals surface area contributed by atoms with E-state index in [1.54, 1.807) is 12.1 Å². The van der Waals surface area contributed by atoms with Crippen LogP contribution in [0.15, 0.2) is 24.3 Å². The first-order valence-electron chi connectivity index (χ1n) is 6.94. The number of ketones is 1. The van der Waals surface area contributed by atoms with E-state index in [-0.39, 0.29) is 24.0 Å². The minimum atomic E-state index is -1.22. The molecule has 1 unspecified atom stereocenters. The lowest BCUT2D eigenvalue weighted by atomic mass is 9.75. The molecule has 0 bridgehead atoms. The molecule has 1 aromatic carbocycles. The molecule has 0 amide bonds. The smallest absolute Gasteiger partial charge is 0.319 e. The van der Waals surface area contributed by atoms with Gasteiger partial charge in [-0.2, -0.15) is 0 Å². The summed E-state index contributed by atoms with van der Waals surface area (Å²) in [5, 5.41) is 0.601. The number of benzene rings is 1. The second kappa shape index (κ2) is 6.77. The summed E-state index contributed by atoms with van der Waals surface area (Å²) in [5.41, 5.74) is -1.22. The first kappa shape index (κ1) is 17.6. The highest BCUT2D eigenvalue weighted by atomic mass is 35.5. The number of hydrogen-bond acceptors (Lipinski definition) is 3. The van der Waals surface area contributed by atoms with E-state index in [0.717, 1.165) is 5.56 Å². The van der Waals surface area contributed by atoms with Gasteiger partial charge in [0, 0.05) is 16.8 Å². The van der Waals surface area contributed by atoms with Gasteiger partial charge in [-0.3, -0.25) is 9.59 Å². The summed E-state index contributed by atoms with van der Waals surface area (Å²) in [4.78, 5) is 25.4. The third-order valence-electron chi connectivity index (χ3n) is 4.45. The number of alkyl halides is 2. The maximum atomic E-state index is 13.0. The summed E-state index contributed by atoms with van der Waals surface area (Å²) in [7, 11) is 1.29. The Morgan fingerprint density at radius 3 is 2.23 bits per heavy atom. The van der Waals surface area contributed by atoms with Gasteiger partial charge in [-0.1, -0.05) is 23.7 Å². The largest absolute Gasteiger partial charge is 0.468 e. The summed E-state index contributed by atoms with van der Waals surface area (Å²) in [6.07, 6.45) is 1.15. The van der Waals surface area contributed by atoms with Crippen LogP contribution in [0.1, 0.15) is 18.4 Å². The van der Waals surface area contributed by atoms with Crippen molar-refractivity contribution >= 4 is 46.6 Å². The van der Waals surface area contributed by atoms with Crippen molar-refractivity contribution in [1.82, 2.24) is 0 Å². The van der Waals surface area contributed by atoms with Gasteiger partial charge in [0.25, 0.3) is 0 Å². The van der Waals surface area contributed by atoms with Gasteiger partial charge < -0.3 is 4.74 Å². The average molecular weight is 364 g/mol. The van der Waals surface area contributed by atoms with Crippen LogP contribution < -0.4 is 0 Å². The van der Waals surface area contributed by atoms with Crippen LogP contribution in [0.25, 0.3) is 0 Å². The molecule has 1 atom stereocenters. The molecular weight excluding hydrogens is 347 g/mol. The van der Waals surface area contributed by atoms with Gasteiger partial charge in [-0.25, -0.2) is 0 Å². The molecular formula is C16H17Cl3O3. The molecule has 0 radical (unpaired) electrons. The van der Waals surface area contributed by atoms with Crippen molar-refractivity contribution in [3.8, 4) is 0 Å². The third kappa shape index (κ3) is 2.86. The van der Waals surface area contributed by atoms with Gasteiger partial charge in [0.1, 0.15) is 5.41 Å². The lowest BCUT2D eigenvalue weighted by molar-refractivity contribution is -0.157. The Morgan fingerprint density at radius 2 is 1.77 bits per heavy atom. The van der Waals surface area contributed by atoms with E-state index in [1.807, 2.05) is 12.1 Å². The maximum absolute atomic E-state index is 13.0. The number of rotatable bonds is 5. The van der Waals surface area contributed by atoms with E-state index in [9.17, 15) is 9.59 Å². The van der Waals surface area contributed by atoms with Crippen molar-refractivity contribution in [3.05, 3.63) is 34.9 Å². The van der Waals surface area contributed by atoms with E-state index in [4.69, 9.17) is 39.5 Å². The summed E-state index contributed by atoms with van der Waals surface area (Å²) in [6.45, 7) is 0. The molecule has 22 heavy (non-hydrogen) atoms. The maximum Gasteiger partial charge on any atom is 0.319 e. The van der Waals surface area contributed by atoms with E-state index in [2.05, 4.69) is 0 Å². The molecule has 1 aromatic rings. The Balaban J connectivity index is 2.40. The van der Waals surface area contributed by atoms with E-state index in [1.165, 1.54) is 7.11 Å². The standard InChI is InChI=1S/C16H17Cl3O3/c1-22-14(21)16(8-11-2-4-12(19)5-3-11)7-6-15(9-17,10-18)13(16)20/h2-5H,6-10H2,1H3. The third-order valence-corrected chi connectivity index (χ3v) is 5.73. The normalized spacial score (nSPS) is 23.5. The van der Waals surface area contributed by atoms with Crippen molar-refractivity contribution in [2.75, 3.05) is 18.9 Å². The van der Waals surface area contributed by atoms with Gasteiger partial charge >= 0.3 is 5.97 Å². The van der Waals surface area contributed by atoms with E-state index in [0.29, 0.717) is 17.9 Å². The fourth-order valence-electron chi connectivity index (χ4n) is 3.06.